The van der Waals surface area contributed by atoms with Crippen LogP contribution in [0.25, 0.3) is 21.5 Å². The van der Waals surface area contributed by atoms with Gasteiger partial charge < -0.3 is 10.4 Å². The fourth-order valence-electron chi connectivity index (χ4n) is 7.01. The number of Topliss-reactive ketones (excluding diaryl/α,β-unsaturated/α-hetero) is 2. The smallest absolute Gasteiger partial charge is 0.237 e. The number of hydrogen-bond acceptors (Lipinski definition) is 4. The Balaban J connectivity index is 1.33. The third kappa shape index (κ3) is 3.38. The lowest BCUT2D eigenvalue weighted by Crippen LogP contribution is -2.28. The zero-order valence-electron chi connectivity index (χ0n) is 23.8. The first-order valence-corrected chi connectivity index (χ1v) is 13.9. The van der Waals surface area contributed by atoms with Crippen molar-refractivity contribution in [1.82, 2.24) is 0 Å². The fourth-order valence-corrected chi connectivity index (χ4v) is 7.01. The summed E-state index contributed by atoms with van der Waals surface area (Å²) in [5.74, 6) is -1.66. The van der Waals surface area contributed by atoms with E-state index in [4.69, 9.17) is 0 Å². The lowest BCUT2D eigenvalue weighted by Gasteiger charge is -2.22. The third-order valence-corrected chi connectivity index (χ3v) is 9.17. The van der Waals surface area contributed by atoms with Gasteiger partial charge in [0.05, 0.1) is 16.6 Å². The molecule has 0 unspecified atom stereocenters. The predicted octanol–water partition coefficient (Wildman–Crippen LogP) is 7.18. The molecule has 5 nitrogen and oxygen atoms in total. The molecule has 202 valence electrons. The summed E-state index contributed by atoms with van der Waals surface area (Å²) >= 11 is 0. The Bertz CT molecular complexity index is 2020. The lowest BCUT2D eigenvalue weighted by molar-refractivity contribution is -0.401. The number of nitrogens with one attached hydrogen (secondary N) is 1. The number of benzene rings is 4. The third-order valence-electron chi connectivity index (χ3n) is 9.17. The highest BCUT2D eigenvalue weighted by molar-refractivity contribution is 6.54. The number of rotatable bonds is 2. The van der Waals surface area contributed by atoms with Crippen molar-refractivity contribution in [1.29, 1.82) is 0 Å². The minimum absolute atomic E-state index is 0.0240. The number of nitrogens with zero attached hydrogens (tertiary/aromatic N) is 1. The molecule has 7 rings (SSSR count). The van der Waals surface area contributed by atoms with Gasteiger partial charge >= 0.3 is 0 Å². The Labute approximate surface area is 238 Å². The van der Waals surface area contributed by atoms with Crippen LogP contribution in [0.15, 0.2) is 108 Å². The molecule has 0 saturated carbocycles. The first-order chi connectivity index (χ1) is 19.5. The lowest BCUT2D eigenvalue weighted by atomic mass is 9.78. The highest BCUT2D eigenvalue weighted by Crippen LogP contribution is 2.48. The van der Waals surface area contributed by atoms with Crippen LogP contribution in [0.1, 0.15) is 38.8 Å². The number of carbonyl (C=O) groups is 2. The zero-order valence-corrected chi connectivity index (χ0v) is 23.8. The van der Waals surface area contributed by atoms with Crippen LogP contribution >= 0.6 is 0 Å². The molecule has 41 heavy (non-hydrogen) atoms. The van der Waals surface area contributed by atoms with Gasteiger partial charge in [0, 0.05) is 34.5 Å². The van der Waals surface area contributed by atoms with Crippen LogP contribution in [0.2, 0.25) is 0 Å². The highest BCUT2D eigenvalue weighted by atomic mass is 16.3. The molecule has 0 radical (unpaired) electrons. The van der Waals surface area contributed by atoms with E-state index in [1.165, 1.54) is 0 Å². The number of fused-ring (bicyclic) bond motifs is 6. The van der Waals surface area contributed by atoms with Gasteiger partial charge in [-0.05, 0) is 59.2 Å². The second-order valence-electron chi connectivity index (χ2n) is 12.2. The summed E-state index contributed by atoms with van der Waals surface area (Å²) < 4.78 is 2.06. The molecular formula is C36H31N2O3+. The molecule has 0 fully saturated rings. The SMILES string of the molecule is C[N+]1=C(/C=C2\C(=O)C(=O)C(/C=C3\Nc4ccc5ccccc5c4C3(C)C)=C2O)C(C)(C)c2c1ccc1ccccc21. The highest BCUT2D eigenvalue weighted by Gasteiger charge is 2.47. The molecule has 5 heteroatoms. The van der Waals surface area contributed by atoms with E-state index >= 15 is 0 Å². The standard InChI is InChI=1S/C36H30N2O3/c1-35(2)28(37-26-16-14-20-10-6-8-12-22(20)30(26)35)18-24-32(39)25(34(41)33(24)40)19-29-36(3,4)31-23-13-9-7-11-21(23)15-17-27(31)38(29)5/h6-19H,1-5H3,(H,39,41)/p+1. The van der Waals surface area contributed by atoms with Gasteiger partial charge in [0.1, 0.15) is 12.8 Å². The molecule has 0 aromatic heterocycles. The van der Waals surface area contributed by atoms with E-state index in [1.54, 1.807) is 12.2 Å². The van der Waals surface area contributed by atoms with E-state index in [0.717, 1.165) is 55.5 Å². The van der Waals surface area contributed by atoms with Gasteiger partial charge in [0.2, 0.25) is 17.3 Å². The maximum atomic E-state index is 13.3. The average molecular weight is 540 g/mol. The average Bonchev–Trinajstić information content (AvgIpc) is 3.42. The number of aliphatic hydroxyl groups is 1. The minimum atomic E-state index is -0.693. The molecule has 4 aromatic carbocycles. The van der Waals surface area contributed by atoms with Gasteiger partial charge in [-0.25, -0.2) is 0 Å². The number of ketones is 2. The number of carbonyl (C=O) groups excluding carboxylic acids is 2. The predicted molar refractivity (Wildman–Crippen MR) is 164 cm³/mol. The second-order valence-corrected chi connectivity index (χ2v) is 12.2. The summed E-state index contributed by atoms with van der Waals surface area (Å²) in [7, 11) is 1.96. The normalized spacial score (nSPS) is 21.0. The van der Waals surface area contributed by atoms with Crippen LogP contribution in [-0.4, -0.2) is 34.0 Å². The summed E-state index contributed by atoms with van der Waals surface area (Å²) in [5.41, 5.74) is 5.04. The number of allylic oxidation sites excluding steroid dienone is 5. The minimum Gasteiger partial charge on any atom is -0.506 e. The summed E-state index contributed by atoms with van der Waals surface area (Å²) in [6.07, 6.45) is 3.35. The van der Waals surface area contributed by atoms with E-state index in [1.807, 2.05) is 37.4 Å². The zero-order chi connectivity index (χ0) is 28.8. The first-order valence-electron chi connectivity index (χ1n) is 13.9. The van der Waals surface area contributed by atoms with Gasteiger partial charge in [0.25, 0.3) is 0 Å². The molecule has 0 atom stereocenters. The van der Waals surface area contributed by atoms with Crippen molar-refractivity contribution in [2.75, 3.05) is 12.4 Å². The van der Waals surface area contributed by atoms with Crippen LogP contribution in [-0.2, 0) is 20.4 Å². The van der Waals surface area contributed by atoms with Crippen molar-refractivity contribution in [3.05, 3.63) is 119 Å². The quantitative estimate of drug-likeness (QED) is 0.161. The maximum Gasteiger partial charge on any atom is 0.237 e. The van der Waals surface area contributed by atoms with Crippen molar-refractivity contribution in [2.45, 2.75) is 38.5 Å². The molecule has 0 saturated heterocycles. The van der Waals surface area contributed by atoms with Crippen molar-refractivity contribution in [3.8, 4) is 0 Å². The molecule has 3 aliphatic rings. The van der Waals surface area contributed by atoms with Gasteiger partial charge in [-0.15, -0.1) is 0 Å². The molecular weight excluding hydrogens is 508 g/mol. The van der Waals surface area contributed by atoms with Gasteiger partial charge in [-0.2, -0.15) is 4.58 Å². The molecule has 1 aliphatic carbocycles. The first kappa shape index (κ1) is 25.2. The van der Waals surface area contributed by atoms with Crippen molar-refractivity contribution < 1.29 is 19.3 Å². The Morgan fingerprint density at radius 2 is 1.34 bits per heavy atom. The molecule has 2 heterocycles. The van der Waals surface area contributed by atoms with Crippen LogP contribution < -0.4 is 5.32 Å². The van der Waals surface area contributed by atoms with Crippen molar-refractivity contribution in [2.24, 2.45) is 0 Å². The van der Waals surface area contributed by atoms with Gasteiger partial charge in [0.15, 0.2) is 5.71 Å². The second kappa shape index (κ2) is 8.37. The topological polar surface area (TPSA) is 69.4 Å². The van der Waals surface area contributed by atoms with Crippen LogP contribution in [0.3, 0.4) is 0 Å². The van der Waals surface area contributed by atoms with Crippen LogP contribution in [0.5, 0.6) is 0 Å². The monoisotopic (exact) mass is 539 g/mol. The molecule has 0 amide bonds. The Morgan fingerprint density at radius 3 is 2.02 bits per heavy atom. The van der Waals surface area contributed by atoms with Gasteiger partial charge in [-0.3, -0.25) is 9.59 Å². The summed E-state index contributed by atoms with van der Waals surface area (Å²) in [6, 6.07) is 24.8. The maximum absolute atomic E-state index is 13.3. The van der Waals surface area contributed by atoms with Crippen molar-refractivity contribution in [3.63, 3.8) is 0 Å². The van der Waals surface area contributed by atoms with E-state index in [9.17, 15) is 14.7 Å². The van der Waals surface area contributed by atoms with Gasteiger partial charge in [-0.1, -0.05) is 68.4 Å². The Hall–Kier alpha value is -4.77. The summed E-state index contributed by atoms with van der Waals surface area (Å²) in [5, 5.41) is 19.4. The molecule has 0 spiro atoms. The molecule has 0 bridgehead atoms. The fraction of sp³-hybridized carbons (Fsp3) is 0.194. The number of anilines is 1. The van der Waals surface area contributed by atoms with E-state index in [-0.39, 0.29) is 16.9 Å². The number of hydrogen-bond donors (Lipinski definition) is 2. The van der Waals surface area contributed by atoms with Crippen LogP contribution in [0, 0.1) is 0 Å². The van der Waals surface area contributed by atoms with Crippen LogP contribution in [0.4, 0.5) is 11.4 Å². The Kier molecular flexibility index (Phi) is 5.15. The number of aliphatic hydroxyl groups excluding tert-OH is 1. The van der Waals surface area contributed by atoms with E-state index in [0.29, 0.717) is 0 Å². The molecule has 2 aliphatic heterocycles. The van der Waals surface area contributed by atoms with Crippen molar-refractivity contribution >= 4 is 50.2 Å². The summed E-state index contributed by atoms with van der Waals surface area (Å²) in [6.45, 7) is 8.41. The van der Waals surface area contributed by atoms with E-state index in [2.05, 4.69) is 80.1 Å². The summed E-state index contributed by atoms with van der Waals surface area (Å²) in [4.78, 5) is 26.7. The van der Waals surface area contributed by atoms with E-state index < -0.39 is 22.4 Å². The Morgan fingerprint density at radius 1 is 0.732 bits per heavy atom. The molecule has 2 N–H and O–H groups in total. The largest absolute Gasteiger partial charge is 0.506 e. The molecule has 4 aromatic rings.